The zero-order valence-electron chi connectivity index (χ0n) is 18.5. The van der Waals surface area contributed by atoms with Crippen LogP contribution in [0.2, 0.25) is 0 Å². The second kappa shape index (κ2) is 10.2. The predicted molar refractivity (Wildman–Crippen MR) is 123 cm³/mol. The molecule has 7 heteroatoms. The molecule has 1 heterocycles. The summed E-state index contributed by atoms with van der Waals surface area (Å²) in [5, 5.41) is 4.24. The number of rotatable bonds is 8. The van der Waals surface area contributed by atoms with Crippen molar-refractivity contribution < 1.29 is 23.5 Å². The molecule has 0 spiro atoms. The fraction of sp³-hybridized carbons (Fsp3) is 0.231. The fourth-order valence-electron chi connectivity index (χ4n) is 3.71. The molecule has 3 aromatic rings. The number of hydrogen-bond acceptors (Lipinski definition) is 5. The number of oxime groups is 1. The van der Waals surface area contributed by atoms with Gasteiger partial charge >= 0.3 is 0 Å². The molecule has 3 aromatic carbocycles. The number of halogens is 1. The van der Waals surface area contributed by atoms with E-state index in [0.717, 1.165) is 22.6 Å². The Hall–Kier alpha value is -3.87. The fourth-order valence-corrected chi connectivity index (χ4v) is 3.71. The highest BCUT2D eigenvalue weighted by Crippen LogP contribution is 2.22. The van der Waals surface area contributed by atoms with Crippen LogP contribution in [0.25, 0.3) is 0 Å². The van der Waals surface area contributed by atoms with Crippen molar-refractivity contribution in [2.24, 2.45) is 5.16 Å². The summed E-state index contributed by atoms with van der Waals surface area (Å²) in [5.74, 6) is 0.884. The Kier molecular flexibility index (Phi) is 6.88. The van der Waals surface area contributed by atoms with E-state index in [2.05, 4.69) is 5.16 Å². The molecule has 33 heavy (non-hydrogen) atoms. The minimum Gasteiger partial charge on any atom is -0.497 e. The predicted octanol–water partition coefficient (Wildman–Crippen LogP) is 4.68. The second-order valence-electron chi connectivity index (χ2n) is 7.74. The van der Waals surface area contributed by atoms with Gasteiger partial charge in [0.05, 0.1) is 26.5 Å². The first kappa shape index (κ1) is 22.3. The number of nitrogens with zero attached hydrogens (tertiary/aromatic N) is 2. The standard InChI is InChI=1S/C26H25FN2O4/c1-31-22-12-8-19(9-13-22)25-15-24(33-28-25)17-29(16-18-4-3-5-23(14-18)32-2)26(30)20-6-10-21(27)11-7-20/h3-14,24H,15-17H2,1-2H3/t24-/m0/s1. The Labute approximate surface area is 192 Å². The third kappa shape index (κ3) is 5.49. The molecule has 0 N–H and O–H groups in total. The highest BCUT2D eigenvalue weighted by atomic mass is 19.1. The molecule has 170 valence electrons. The average molecular weight is 448 g/mol. The van der Waals surface area contributed by atoms with E-state index in [1.54, 1.807) is 19.1 Å². The van der Waals surface area contributed by atoms with Gasteiger partial charge in [-0.2, -0.15) is 0 Å². The molecule has 0 saturated carbocycles. The molecular formula is C26H25FN2O4. The number of carbonyl (C=O) groups is 1. The Morgan fingerprint density at radius 3 is 2.45 bits per heavy atom. The van der Waals surface area contributed by atoms with Crippen molar-refractivity contribution in [1.29, 1.82) is 0 Å². The van der Waals surface area contributed by atoms with Gasteiger partial charge in [0.2, 0.25) is 0 Å². The molecule has 0 aliphatic carbocycles. The zero-order chi connectivity index (χ0) is 23.2. The highest BCUT2D eigenvalue weighted by Gasteiger charge is 2.27. The normalized spacial score (nSPS) is 14.9. The molecule has 0 radical (unpaired) electrons. The molecule has 1 amide bonds. The van der Waals surface area contributed by atoms with Crippen molar-refractivity contribution in [1.82, 2.24) is 4.90 Å². The molecular weight excluding hydrogens is 423 g/mol. The van der Waals surface area contributed by atoms with Crippen LogP contribution < -0.4 is 9.47 Å². The number of methoxy groups -OCH3 is 2. The van der Waals surface area contributed by atoms with Crippen LogP contribution in [-0.4, -0.2) is 43.4 Å². The number of ether oxygens (including phenoxy) is 2. The summed E-state index contributed by atoms with van der Waals surface area (Å²) in [6.45, 7) is 0.682. The summed E-state index contributed by atoms with van der Waals surface area (Å²) in [5.41, 5.74) is 3.09. The molecule has 0 bridgehead atoms. The lowest BCUT2D eigenvalue weighted by Gasteiger charge is -2.25. The van der Waals surface area contributed by atoms with Crippen LogP contribution in [-0.2, 0) is 11.4 Å². The molecule has 0 aromatic heterocycles. The number of benzene rings is 3. The van der Waals surface area contributed by atoms with E-state index in [1.165, 1.54) is 24.3 Å². The Bertz CT molecular complexity index is 1130. The second-order valence-corrected chi connectivity index (χ2v) is 7.74. The maximum Gasteiger partial charge on any atom is 0.254 e. The molecule has 1 atom stereocenters. The summed E-state index contributed by atoms with van der Waals surface area (Å²) in [7, 11) is 3.22. The summed E-state index contributed by atoms with van der Waals surface area (Å²) < 4.78 is 23.9. The lowest BCUT2D eigenvalue weighted by atomic mass is 10.0. The Morgan fingerprint density at radius 2 is 1.76 bits per heavy atom. The molecule has 1 aliphatic rings. The van der Waals surface area contributed by atoms with Gasteiger partial charge in [-0.15, -0.1) is 0 Å². The number of hydrogen-bond donors (Lipinski definition) is 0. The monoisotopic (exact) mass is 448 g/mol. The number of carbonyl (C=O) groups excluding carboxylic acids is 1. The van der Waals surface area contributed by atoms with Crippen molar-refractivity contribution in [2.45, 2.75) is 19.1 Å². The third-order valence-electron chi connectivity index (χ3n) is 5.47. The van der Waals surface area contributed by atoms with Crippen molar-refractivity contribution >= 4 is 11.6 Å². The van der Waals surface area contributed by atoms with E-state index in [9.17, 15) is 9.18 Å². The van der Waals surface area contributed by atoms with E-state index in [1.807, 2.05) is 48.5 Å². The van der Waals surface area contributed by atoms with Gasteiger partial charge in [-0.05, 0) is 71.8 Å². The van der Waals surface area contributed by atoms with Crippen molar-refractivity contribution in [2.75, 3.05) is 20.8 Å². The van der Waals surface area contributed by atoms with Crippen LogP contribution in [0.15, 0.2) is 78.0 Å². The summed E-state index contributed by atoms with van der Waals surface area (Å²) in [4.78, 5) is 20.7. The highest BCUT2D eigenvalue weighted by molar-refractivity contribution is 6.01. The first-order valence-electron chi connectivity index (χ1n) is 10.6. The largest absolute Gasteiger partial charge is 0.497 e. The van der Waals surface area contributed by atoms with Crippen LogP contribution in [0.5, 0.6) is 11.5 Å². The lowest BCUT2D eigenvalue weighted by molar-refractivity contribution is 0.0405. The molecule has 4 rings (SSSR count). The van der Waals surface area contributed by atoms with Gasteiger partial charge in [-0.3, -0.25) is 4.79 Å². The first-order valence-corrected chi connectivity index (χ1v) is 10.6. The molecule has 0 fully saturated rings. The SMILES string of the molecule is COc1ccc(C2=NO[C@H](CN(Cc3cccc(OC)c3)C(=O)c3ccc(F)cc3)C2)cc1. The van der Waals surface area contributed by atoms with Gasteiger partial charge < -0.3 is 19.2 Å². The van der Waals surface area contributed by atoms with Crippen LogP contribution in [0.3, 0.4) is 0 Å². The van der Waals surface area contributed by atoms with E-state index < -0.39 is 0 Å². The third-order valence-corrected chi connectivity index (χ3v) is 5.47. The van der Waals surface area contributed by atoms with Crippen molar-refractivity contribution in [3.05, 3.63) is 95.3 Å². The smallest absolute Gasteiger partial charge is 0.254 e. The van der Waals surface area contributed by atoms with E-state index in [-0.39, 0.29) is 17.8 Å². The minimum atomic E-state index is -0.387. The summed E-state index contributed by atoms with van der Waals surface area (Å²) >= 11 is 0. The van der Waals surface area contributed by atoms with Crippen LogP contribution in [0, 0.1) is 5.82 Å². The summed E-state index contributed by atoms with van der Waals surface area (Å²) in [6.07, 6.45) is 0.273. The average Bonchev–Trinajstić information content (AvgIpc) is 3.32. The van der Waals surface area contributed by atoms with Gasteiger partial charge in [-0.1, -0.05) is 17.3 Å². The minimum absolute atomic E-state index is 0.209. The van der Waals surface area contributed by atoms with E-state index >= 15 is 0 Å². The van der Waals surface area contributed by atoms with Crippen LogP contribution >= 0.6 is 0 Å². The zero-order valence-corrected chi connectivity index (χ0v) is 18.5. The van der Waals surface area contributed by atoms with Crippen LogP contribution in [0.1, 0.15) is 27.9 Å². The quantitative estimate of drug-likeness (QED) is 0.502. The molecule has 6 nitrogen and oxygen atoms in total. The van der Waals surface area contributed by atoms with Gasteiger partial charge in [0, 0.05) is 18.5 Å². The van der Waals surface area contributed by atoms with Gasteiger partial charge in [0.15, 0.2) is 6.10 Å². The van der Waals surface area contributed by atoms with Crippen molar-refractivity contribution in [3.8, 4) is 11.5 Å². The number of amides is 1. The van der Waals surface area contributed by atoms with Gasteiger partial charge in [0.1, 0.15) is 17.3 Å². The van der Waals surface area contributed by atoms with Gasteiger partial charge in [-0.25, -0.2) is 4.39 Å². The van der Waals surface area contributed by atoms with Crippen LogP contribution in [0.4, 0.5) is 4.39 Å². The molecule has 0 saturated heterocycles. The molecule has 0 unspecified atom stereocenters. The van der Waals surface area contributed by atoms with E-state index in [0.29, 0.717) is 30.8 Å². The topological polar surface area (TPSA) is 60.4 Å². The first-order chi connectivity index (χ1) is 16.1. The lowest BCUT2D eigenvalue weighted by Crippen LogP contribution is -2.37. The summed E-state index contributed by atoms with van der Waals surface area (Å²) in [6, 6.07) is 20.7. The Morgan fingerprint density at radius 1 is 1.03 bits per heavy atom. The maximum absolute atomic E-state index is 13.4. The Balaban J connectivity index is 1.50. The van der Waals surface area contributed by atoms with Crippen molar-refractivity contribution in [3.63, 3.8) is 0 Å². The molecule has 1 aliphatic heterocycles. The maximum atomic E-state index is 13.4. The van der Waals surface area contributed by atoms with E-state index in [4.69, 9.17) is 14.3 Å². The van der Waals surface area contributed by atoms with Gasteiger partial charge in [0.25, 0.3) is 5.91 Å².